The van der Waals surface area contributed by atoms with Gasteiger partial charge in [-0.25, -0.2) is 8.42 Å². The predicted molar refractivity (Wildman–Crippen MR) is 127 cm³/mol. The van der Waals surface area contributed by atoms with Gasteiger partial charge in [0.25, 0.3) is 0 Å². The summed E-state index contributed by atoms with van der Waals surface area (Å²) in [6.07, 6.45) is 0.126. The molecule has 0 atom stereocenters. The van der Waals surface area contributed by atoms with Crippen LogP contribution in [0.3, 0.4) is 0 Å². The van der Waals surface area contributed by atoms with Gasteiger partial charge in [-0.15, -0.1) is 0 Å². The zero-order valence-corrected chi connectivity index (χ0v) is 20.1. The first kappa shape index (κ1) is 24.7. The summed E-state index contributed by atoms with van der Waals surface area (Å²) in [6, 6.07) is 13.0. The molecule has 0 spiro atoms. The molecule has 1 aliphatic heterocycles. The normalized spacial score (nSPS) is 14.6. The summed E-state index contributed by atoms with van der Waals surface area (Å²) >= 11 is 0. The second kappa shape index (κ2) is 11.2. The Bertz CT molecular complexity index is 1030. The van der Waals surface area contributed by atoms with Crippen LogP contribution in [-0.4, -0.2) is 78.4 Å². The SMILES string of the molecule is COc1ccc(N2CCN(S(=O)(=O)CCNC(=O)Cc3ccc(OC)c(OC)c3)CC2)cc1. The lowest BCUT2D eigenvalue weighted by Gasteiger charge is -2.35. The molecule has 1 amide bonds. The van der Waals surface area contributed by atoms with E-state index in [0.717, 1.165) is 17.0 Å². The van der Waals surface area contributed by atoms with Gasteiger partial charge in [-0.1, -0.05) is 6.07 Å². The quantitative estimate of drug-likeness (QED) is 0.554. The van der Waals surface area contributed by atoms with Crippen molar-refractivity contribution in [2.24, 2.45) is 0 Å². The van der Waals surface area contributed by atoms with Crippen LogP contribution >= 0.6 is 0 Å². The molecule has 0 aliphatic carbocycles. The molecular formula is C23H31N3O6S. The van der Waals surface area contributed by atoms with Gasteiger partial charge in [0.05, 0.1) is 33.5 Å². The summed E-state index contributed by atoms with van der Waals surface area (Å²) in [7, 11) is 1.25. The number of hydrogen-bond donors (Lipinski definition) is 1. The molecule has 3 rings (SSSR count). The lowest BCUT2D eigenvalue weighted by molar-refractivity contribution is -0.120. The lowest BCUT2D eigenvalue weighted by atomic mass is 10.1. The number of carbonyl (C=O) groups is 1. The molecule has 1 N–H and O–H groups in total. The van der Waals surface area contributed by atoms with Gasteiger partial charge in [0.1, 0.15) is 5.75 Å². The van der Waals surface area contributed by atoms with Crippen molar-refractivity contribution in [1.29, 1.82) is 0 Å². The molecule has 33 heavy (non-hydrogen) atoms. The van der Waals surface area contributed by atoms with Crippen LogP contribution in [0.1, 0.15) is 5.56 Å². The van der Waals surface area contributed by atoms with Gasteiger partial charge in [0.2, 0.25) is 15.9 Å². The van der Waals surface area contributed by atoms with E-state index in [1.54, 1.807) is 32.4 Å². The molecule has 0 aromatic heterocycles. The summed E-state index contributed by atoms with van der Waals surface area (Å²) in [5, 5.41) is 2.70. The van der Waals surface area contributed by atoms with Crippen molar-refractivity contribution < 1.29 is 27.4 Å². The van der Waals surface area contributed by atoms with Crippen molar-refractivity contribution in [2.45, 2.75) is 6.42 Å². The summed E-state index contributed by atoms with van der Waals surface area (Å²) in [5.41, 5.74) is 1.79. The molecule has 10 heteroatoms. The van der Waals surface area contributed by atoms with Crippen LogP contribution in [0, 0.1) is 0 Å². The Labute approximate surface area is 195 Å². The first-order valence-corrected chi connectivity index (χ1v) is 12.3. The fourth-order valence-corrected chi connectivity index (χ4v) is 5.04. The maximum absolute atomic E-state index is 12.7. The van der Waals surface area contributed by atoms with E-state index >= 15 is 0 Å². The van der Waals surface area contributed by atoms with E-state index in [1.807, 2.05) is 24.3 Å². The van der Waals surface area contributed by atoms with Crippen LogP contribution in [0.4, 0.5) is 5.69 Å². The number of anilines is 1. The second-order valence-electron chi connectivity index (χ2n) is 7.62. The van der Waals surface area contributed by atoms with E-state index in [-0.39, 0.29) is 24.6 Å². The minimum Gasteiger partial charge on any atom is -0.497 e. The van der Waals surface area contributed by atoms with Gasteiger partial charge in [-0.3, -0.25) is 4.79 Å². The number of piperazine rings is 1. The number of ether oxygens (including phenoxy) is 3. The Morgan fingerprint density at radius 3 is 2.18 bits per heavy atom. The maximum atomic E-state index is 12.7. The molecule has 1 heterocycles. The van der Waals surface area contributed by atoms with Gasteiger partial charge in [0, 0.05) is 38.4 Å². The van der Waals surface area contributed by atoms with Crippen LogP contribution in [0.5, 0.6) is 17.2 Å². The molecule has 1 fully saturated rings. The number of hydrogen-bond acceptors (Lipinski definition) is 7. The Morgan fingerprint density at radius 2 is 1.58 bits per heavy atom. The number of nitrogens with zero attached hydrogens (tertiary/aromatic N) is 2. The van der Waals surface area contributed by atoms with Crippen molar-refractivity contribution in [3.8, 4) is 17.2 Å². The fourth-order valence-electron chi connectivity index (χ4n) is 3.70. The third-order valence-electron chi connectivity index (χ3n) is 5.56. The van der Waals surface area contributed by atoms with Gasteiger partial charge in [-0.2, -0.15) is 4.31 Å². The minimum absolute atomic E-state index is 0.0626. The number of nitrogens with one attached hydrogen (secondary N) is 1. The van der Waals surface area contributed by atoms with Gasteiger partial charge < -0.3 is 24.4 Å². The monoisotopic (exact) mass is 477 g/mol. The fraction of sp³-hybridized carbons (Fsp3) is 0.435. The molecule has 9 nitrogen and oxygen atoms in total. The third kappa shape index (κ3) is 6.52. The van der Waals surface area contributed by atoms with Crippen molar-refractivity contribution >= 4 is 21.6 Å². The van der Waals surface area contributed by atoms with E-state index in [4.69, 9.17) is 14.2 Å². The molecule has 2 aromatic rings. The summed E-state index contributed by atoms with van der Waals surface area (Å²) in [6.45, 7) is 2.10. The molecular weight excluding hydrogens is 446 g/mol. The molecule has 0 saturated carbocycles. The lowest BCUT2D eigenvalue weighted by Crippen LogP contribution is -2.50. The minimum atomic E-state index is -3.45. The number of rotatable bonds is 10. The van der Waals surface area contributed by atoms with Gasteiger partial charge in [0.15, 0.2) is 11.5 Å². The zero-order valence-electron chi connectivity index (χ0n) is 19.2. The topological polar surface area (TPSA) is 97.4 Å². The van der Waals surface area contributed by atoms with Gasteiger partial charge >= 0.3 is 0 Å². The largest absolute Gasteiger partial charge is 0.497 e. The van der Waals surface area contributed by atoms with Crippen LogP contribution in [0.2, 0.25) is 0 Å². The number of amides is 1. The molecule has 0 bridgehead atoms. The summed E-state index contributed by atoms with van der Waals surface area (Å²) < 4.78 is 42.5. The Kier molecular flexibility index (Phi) is 8.40. The number of methoxy groups -OCH3 is 3. The molecule has 180 valence electrons. The average Bonchev–Trinajstić information content (AvgIpc) is 2.84. The molecule has 0 unspecified atom stereocenters. The molecule has 0 radical (unpaired) electrons. The smallest absolute Gasteiger partial charge is 0.224 e. The number of carbonyl (C=O) groups excluding carboxylic acids is 1. The molecule has 1 saturated heterocycles. The number of sulfonamides is 1. The first-order valence-electron chi connectivity index (χ1n) is 10.7. The maximum Gasteiger partial charge on any atom is 0.224 e. The Hall–Kier alpha value is -2.98. The van der Waals surface area contributed by atoms with Gasteiger partial charge in [-0.05, 0) is 42.0 Å². The van der Waals surface area contributed by atoms with Crippen LogP contribution in [-0.2, 0) is 21.2 Å². The second-order valence-corrected chi connectivity index (χ2v) is 9.70. The van der Waals surface area contributed by atoms with Crippen LogP contribution < -0.4 is 24.4 Å². The molecule has 2 aromatic carbocycles. The highest BCUT2D eigenvalue weighted by molar-refractivity contribution is 7.89. The van der Waals surface area contributed by atoms with E-state index in [1.165, 1.54) is 11.4 Å². The first-order chi connectivity index (χ1) is 15.9. The summed E-state index contributed by atoms with van der Waals surface area (Å²) in [4.78, 5) is 14.4. The molecule has 1 aliphatic rings. The number of benzene rings is 2. The van der Waals surface area contributed by atoms with E-state index < -0.39 is 10.0 Å². The van der Waals surface area contributed by atoms with E-state index in [0.29, 0.717) is 37.7 Å². The van der Waals surface area contributed by atoms with Crippen LogP contribution in [0.25, 0.3) is 0 Å². The average molecular weight is 478 g/mol. The van der Waals surface area contributed by atoms with Crippen molar-refractivity contribution in [2.75, 3.05) is 64.7 Å². The van der Waals surface area contributed by atoms with E-state index in [9.17, 15) is 13.2 Å². The third-order valence-corrected chi connectivity index (χ3v) is 7.44. The standard InChI is InChI=1S/C23H31N3O6S/c1-30-20-7-5-19(6-8-20)25-11-13-26(14-12-25)33(28,29)15-10-24-23(27)17-18-4-9-21(31-2)22(16-18)32-3/h4-9,16H,10-15,17H2,1-3H3,(H,24,27). The van der Waals surface area contributed by atoms with Crippen molar-refractivity contribution in [3.05, 3.63) is 48.0 Å². The van der Waals surface area contributed by atoms with Crippen molar-refractivity contribution in [3.63, 3.8) is 0 Å². The Morgan fingerprint density at radius 1 is 0.909 bits per heavy atom. The highest BCUT2D eigenvalue weighted by atomic mass is 32.2. The highest BCUT2D eigenvalue weighted by Crippen LogP contribution is 2.27. The van der Waals surface area contributed by atoms with E-state index in [2.05, 4.69) is 10.2 Å². The predicted octanol–water partition coefficient (Wildman–Crippen LogP) is 1.52. The van der Waals surface area contributed by atoms with Crippen LogP contribution in [0.15, 0.2) is 42.5 Å². The summed E-state index contributed by atoms with van der Waals surface area (Å²) in [5.74, 6) is 1.53. The Balaban J connectivity index is 1.45. The zero-order chi connectivity index (χ0) is 23.8. The van der Waals surface area contributed by atoms with Crippen molar-refractivity contribution in [1.82, 2.24) is 9.62 Å². The highest BCUT2D eigenvalue weighted by Gasteiger charge is 2.27.